The van der Waals surface area contributed by atoms with Crippen LogP contribution in [0.5, 0.6) is 0 Å². The molecule has 0 amide bonds. The number of nitrogens with zero attached hydrogens (tertiary/aromatic N) is 3. The molecule has 0 radical (unpaired) electrons. The molecule has 16 heavy (non-hydrogen) atoms. The fourth-order valence-electron chi connectivity index (χ4n) is 2.23. The minimum atomic E-state index is 0.370. The van der Waals surface area contributed by atoms with Gasteiger partial charge in [-0.15, -0.1) is 5.10 Å². The van der Waals surface area contributed by atoms with Gasteiger partial charge >= 0.3 is 0 Å². The summed E-state index contributed by atoms with van der Waals surface area (Å²) < 4.78 is 0. The minimum absolute atomic E-state index is 0.370. The Bertz CT molecular complexity index is 350. The molecule has 1 aromatic heterocycles. The zero-order chi connectivity index (χ0) is 11.0. The van der Waals surface area contributed by atoms with Crippen LogP contribution in [0.2, 0.25) is 0 Å². The fraction of sp³-hybridized carbons (Fsp3) is 0.667. The van der Waals surface area contributed by atoms with Gasteiger partial charge in [-0.05, 0) is 37.8 Å². The zero-order valence-corrected chi connectivity index (χ0v) is 9.47. The van der Waals surface area contributed by atoms with Crippen molar-refractivity contribution in [3.63, 3.8) is 0 Å². The van der Waals surface area contributed by atoms with E-state index >= 15 is 0 Å². The Balaban J connectivity index is 1.69. The van der Waals surface area contributed by atoms with Gasteiger partial charge in [0.05, 0.1) is 5.69 Å². The summed E-state index contributed by atoms with van der Waals surface area (Å²) in [5, 5.41) is 8.64. The number of hydrogen-bond donors (Lipinski definition) is 1. The third-order valence-electron chi connectivity index (χ3n) is 3.53. The van der Waals surface area contributed by atoms with E-state index in [0.717, 1.165) is 37.4 Å². The van der Waals surface area contributed by atoms with Crippen molar-refractivity contribution in [2.24, 2.45) is 5.73 Å². The van der Waals surface area contributed by atoms with Crippen molar-refractivity contribution in [1.82, 2.24) is 10.2 Å². The van der Waals surface area contributed by atoms with Gasteiger partial charge in [-0.1, -0.05) is 0 Å². The van der Waals surface area contributed by atoms with Gasteiger partial charge in [-0.25, -0.2) is 0 Å². The molecule has 2 heterocycles. The fourth-order valence-corrected chi connectivity index (χ4v) is 2.23. The SMILES string of the molecule is NC1CCN(c2ccc(C3CC3)nn2)CC1. The molecule has 2 fully saturated rings. The Hall–Kier alpha value is -1.16. The first-order valence-electron chi connectivity index (χ1n) is 6.17. The maximum Gasteiger partial charge on any atom is 0.151 e. The van der Waals surface area contributed by atoms with Gasteiger partial charge in [-0.3, -0.25) is 0 Å². The Labute approximate surface area is 95.8 Å². The van der Waals surface area contributed by atoms with Crippen molar-refractivity contribution in [1.29, 1.82) is 0 Å². The van der Waals surface area contributed by atoms with Crippen LogP contribution in [0.4, 0.5) is 5.82 Å². The highest BCUT2D eigenvalue weighted by atomic mass is 15.3. The van der Waals surface area contributed by atoms with Crippen LogP contribution in [0.25, 0.3) is 0 Å². The number of hydrogen-bond acceptors (Lipinski definition) is 4. The van der Waals surface area contributed by atoms with Crippen molar-refractivity contribution in [3.05, 3.63) is 17.8 Å². The standard InChI is InChI=1S/C12H18N4/c13-10-5-7-16(8-6-10)12-4-3-11(14-15-12)9-1-2-9/h3-4,9-10H,1-2,5-8,13H2. The van der Waals surface area contributed by atoms with Crippen molar-refractivity contribution in [3.8, 4) is 0 Å². The van der Waals surface area contributed by atoms with Crippen molar-refractivity contribution >= 4 is 5.82 Å². The molecule has 0 spiro atoms. The van der Waals surface area contributed by atoms with E-state index in [-0.39, 0.29) is 0 Å². The summed E-state index contributed by atoms with van der Waals surface area (Å²) in [4.78, 5) is 2.28. The van der Waals surface area contributed by atoms with Gasteiger partial charge in [0.1, 0.15) is 0 Å². The molecule has 1 aliphatic carbocycles. The Morgan fingerprint density at radius 3 is 2.38 bits per heavy atom. The highest BCUT2D eigenvalue weighted by Crippen LogP contribution is 2.38. The first-order chi connectivity index (χ1) is 7.83. The highest BCUT2D eigenvalue weighted by molar-refractivity contribution is 5.38. The molecule has 3 rings (SSSR count). The molecular formula is C12H18N4. The van der Waals surface area contributed by atoms with E-state index in [2.05, 4.69) is 27.2 Å². The van der Waals surface area contributed by atoms with Crippen LogP contribution in [0.1, 0.15) is 37.3 Å². The first kappa shape index (κ1) is 10.0. The Morgan fingerprint density at radius 1 is 1.06 bits per heavy atom. The van der Waals surface area contributed by atoms with Crippen LogP contribution in [-0.4, -0.2) is 29.3 Å². The first-order valence-corrected chi connectivity index (χ1v) is 6.17. The topological polar surface area (TPSA) is 55.0 Å². The van der Waals surface area contributed by atoms with E-state index in [0.29, 0.717) is 12.0 Å². The van der Waals surface area contributed by atoms with Gasteiger partial charge in [0.2, 0.25) is 0 Å². The van der Waals surface area contributed by atoms with E-state index in [1.807, 2.05) is 0 Å². The predicted molar refractivity (Wildman–Crippen MR) is 63.4 cm³/mol. The molecule has 1 aliphatic heterocycles. The van der Waals surface area contributed by atoms with E-state index < -0.39 is 0 Å². The van der Waals surface area contributed by atoms with Crippen molar-refractivity contribution in [2.75, 3.05) is 18.0 Å². The third-order valence-corrected chi connectivity index (χ3v) is 3.53. The second kappa shape index (κ2) is 4.01. The molecule has 2 aliphatic rings. The van der Waals surface area contributed by atoms with Gasteiger partial charge in [0, 0.05) is 25.0 Å². The van der Waals surface area contributed by atoms with Crippen LogP contribution in [0.15, 0.2) is 12.1 Å². The molecular weight excluding hydrogens is 200 g/mol. The quantitative estimate of drug-likeness (QED) is 0.812. The van der Waals surface area contributed by atoms with Crippen LogP contribution < -0.4 is 10.6 Å². The van der Waals surface area contributed by atoms with Gasteiger partial charge < -0.3 is 10.6 Å². The van der Waals surface area contributed by atoms with Crippen LogP contribution in [0, 0.1) is 0 Å². The molecule has 0 bridgehead atoms. The second-order valence-electron chi connectivity index (χ2n) is 4.92. The molecule has 1 saturated heterocycles. The van der Waals surface area contributed by atoms with Crippen molar-refractivity contribution < 1.29 is 0 Å². The van der Waals surface area contributed by atoms with Gasteiger partial charge in [-0.2, -0.15) is 5.10 Å². The smallest absolute Gasteiger partial charge is 0.151 e. The van der Waals surface area contributed by atoms with Crippen LogP contribution in [0.3, 0.4) is 0 Å². The summed E-state index contributed by atoms with van der Waals surface area (Å²) in [6.45, 7) is 2.03. The maximum atomic E-state index is 5.88. The lowest BCUT2D eigenvalue weighted by Gasteiger charge is -2.30. The van der Waals surface area contributed by atoms with Crippen LogP contribution >= 0.6 is 0 Å². The van der Waals surface area contributed by atoms with E-state index in [1.54, 1.807) is 0 Å². The molecule has 0 aromatic carbocycles. The summed E-state index contributed by atoms with van der Waals surface area (Å²) in [5.41, 5.74) is 7.05. The predicted octanol–water partition coefficient (Wildman–Crippen LogP) is 1.28. The molecule has 0 atom stereocenters. The average molecular weight is 218 g/mol. The van der Waals surface area contributed by atoms with Crippen molar-refractivity contribution in [2.45, 2.75) is 37.6 Å². The van der Waals surface area contributed by atoms with Crippen LogP contribution in [-0.2, 0) is 0 Å². The summed E-state index contributed by atoms with van der Waals surface area (Å²) in [6.07, 6.45) is 4.69. The molecule has 1 saturated carbocycles. The lowest BCUT2D eigenvalue weighted by molar-refractivity contribution is 0.497. The highest BCUT2D eigenvalue weighted by Gasteiger charge is 2.25. The summed E-state index contributed by atoms with van der Waals surface area (Å²) >= 11 is 0. The number of anilines is 1. The zero-order valence-electron chi connectivity index (χ0n) is 9.47. The second-order valence-corrected chi connectivity index (χ2v) is 4.92. The summed E-state index contributed by atoms with van der Waals surface area (Å²) in [5.74, 6) is 1.70. The lowest BCUT2D eigenvalue weighted by Crippen LogP contribution is -2.40. The van der Waals surface area contributed by atoms with E-state index in [4.69, 9.17) is 5.73 Å². The molecule has 2 N–H and O–H groups in total. The third kappa shape index (κ3) is 2.02. The van der Waals surface area contributed by atoms with Gasteiger partial charge in [0.15, 0.2) is 5.82 Å². The number of rotatable bonds is 2. The molecule has 4 nitrogen and oxygen atoms in total. The number of piperidine rings is 1. The summed E-state index contributed by atoms with van der Waals surface area (Å²) in [6, 6.07) is 4.61. The molecule has 86 valence electrons. The monoisotopic (exact) mass is 218 g/mol. The molecule has 0 unspecified atom stereocenters. The van der Waals surface area contributed by atoms with E-state index in [1.165, 1.54) is 12.8 Å². The lowest BCUT2D eigenvalue weighted by atomic mass is 10.1. The molecule has 4 heteroatoms. The summed E-state index contributed by atoms with van der Waals surface area (Å²) in [7, 11) is 0. The maximum absolute atomic E-state index is 5.88. The molecule has 1 aromatic rings. The minimum Gasteiger partial charge on any atom is -0.355 e. The largest absolute Gasteiger partial charge is 0.355 e. The Morgan fingerprint density at radius 2 is 1.81 bits per heavy atom. The normalized spacial score (nSPS) is 22.4. The number of nitrogens with two attached hydrogens (primary N) is 1. The van der Waals surface area contributed by atoms with Gasteiger partial charge in [0.25, 0.3) is 0 Å². The Kier molecular flexibility index (Phi) is 2.52. The van der Waals surface area contributed by atoms with E-state index in [9.17, 15) is 0 Å². The average Bonchev–Trinajstić information content (AvgIpc) is 3.14. The number of aromatic nitrogens is 2.